The molecule has 10 nitrogen and oxygen atoms in total. The Labute approximate surface area is 253 Å². The van der Waals surface area contributed by atoms with Crippen LogP contribution in [-0.4, -0.2) is 85.1 Å². The first-order valence-electron chi connectivity index (χ1n) is 15.1. The van der Waals surface area contributed by atoms with E-state index in [1.807, 2.05) is 36.9 Å². The van der Waals surface area contributed by atoms with E-state index in [4.69, 9.17) is 9.47 Å². The molecular weight excluding hydrogens is 566 g/mol. The van der Waals surface area contributed by atoms with Crippen molar-refractivity contribution < 1.29 is 22.7 Å². The third-order valence-corrected chi connectivity index (χ3v) is 10.1. The summed E-state index contributed by atoms with van der Waals surface area (Å²) in [4.78, 5) is 27.7. The first kappa shape index (κ1) is 29.5. The number of carbonyl (C=O) groups excluding carboxylic acids is 1. The smallest absolute Gasteiger partial charge is 0.264 e. The second kappa shape index (κ2) is 12.2. The van der Waals surface area contributed by atoms with Crippen molar-refractivity contribution >= 4 is 21.9 Å². The molecule has 1 N–H and O–H groups in total. The van der Waals surface area contributed by atoms with E-state index in [2.05, 4.69) is 26.5 Å². The third kappa shape index (κ3) is 6.11. The number of carbonyl (C=O) groups is 1. The molecule has 1 atom stereocenters. The maximum absolute atomic E-state index is 14.2. The maximum atomic E-state index is 14.2. The summed E-state index contributed by atoms with van der Waals surface area (Å²) < 4.78 is 41.5. The molecule has 1 saturated carbocycles. The number of fused-ring (bicyclic) bond motifs is 4. The van der Waals surface area contributed by atoms with Crippen LogP contribution in [0, 0.1) is 13.8 Å². The van der Waals surface area contributed by atoms with E-state index in [0.717, 1.165) is 68.7 Å². The minimum atomic E-state index is -4.10. The molecule has 0 spiro atoms. The van der Waals surface area contributed by atoms with E-state index in [1.165, 1.54) is 12.1 Å². The Balaban J connectivity index is 1.40. The van der Waals surface area contributed by atoms with Gasteiger partial charge in [0.15, 0.2) is 0 Å². The Bertz CT molecular complexity index is 1580. The molecule has 3 aliphatic rings. The van der Waals surface area contributed by atoms with Crippen molar-refractivity contribution in [3.8, 4) is 17.1 Å². The summed E-state index contributed by atoms with van der Waals surface area (Å²) >= 11 is 0. The van der Waals surface area contributed by atoms with Gasteiger partial charge in [-0.2, -0.15) is 4.98 Å². The maximum Gasteiger partial charge on any atom is 0.264 e. The molecule has 2 aliphatic heterocycles. The lowest BCUT2D eigenvalue weighted by molar-refractivity contribution is -0.0373. The minimum Gasteiger partial charge on any atom is -0.475 e. The van der Waals surface area contributed by atoms with Gasteiger partial charge in [0.2, 0.25) is 11.8 Å². The number of ether oxygens (including phenoxy) is 2. The fraction of sp³-hybridized carbons (Fsp3) is 0.469. The van der Waals surface area contributed by atoms with Gasteiger partial charge in [-0.1, -0.05) is 37.6 Å². The first-order chi connectivity index (χ1) is 20.7. The molecule has 4 bridgehead atoms. The van der Waals surface area contributed by atoms with E-state index >= 15 is 0 Å². The zero-order chi connectivity index (χ0) is 30.1. The fourth-order valence-electron chi connectivity index (χ4n) is 6.49. The first-order valence-corrected chi connectivity index (χ1v) is 16.6. The van der Waals surface area contributed by atoms with Crippen molar-refractivity contribution in [2.75, 3.05) is 37.6 Å². The van der Waals surface area contributed by atoms with Crippen molar-refractivity contribution in [3.05, 3.63) is 65.2 Å². The van der Waals surface area contributed by atoms with Crippen LogP contribution in [0.25, 0.3) is 11.3 Å². The number of amides is 1. The van der Waals surface area contributed by atoms with Crippen LogP contribution < -0.4 is 9.46 Å². The van der Waals surface area contributed by atoms with Gasteiger partial charge in [0.05, 0.1) is 29.8 Å². The molecule has 3 aromatic rings. The number of sulfonamides is 1. The Kier molecular flexibility index (Phi) is 8.39. The number of hydrogen-bond acceptors (Lipinski definition) is 8. The normalized spacial score (nSPS) is 24.0. The van der Waals surface area contributed by atoms with Gasteiger partial charge in [-0.15, -0.1) is 0 Å². The van der Waals surface area contributed by atoms with Crippen LogP contribution in [0.2, 0.25) is 0 Å². The molecule has 11 heteroatoms. The highest BCUT2D eigenvalue weighted by Gasteiger charge is 2.42. The van der Waals surface area contributed by atoms with Gasteiger partial charge in [-0.05, 0) is 62.4 Å². The molecule has 2 aromatic carbocycles. The summed E-state index contributed by atoms with van der Waals surface area (Å²) in [6, 6.07) is 14.1. The van der Waals surface area contributed by atoms with Crippen LogP contribution in [0.4, 0.5) is 5.95 Å². The number of morpholine rings is 1. The predicted octanol–water partition coefficient (Wildman–Crippen LogP) is 4.43. The summed E-state index contributed by atoms with van der Waals surface area (Å²) in [6.45, 7) is 9.58. The van der Waals surface area contributed by atoms with Crippen LogP contribution in [0.3, 0.4) is 0 Å². The number of hydrogen-bond donors (Lipinski definition) is 1. The fourth-order valence-corrected chi connectivity index (χ4v) is 7.48. The van der Waals surface area contributed by atoms with E-state index in [-0.39, 0.29) is 41.3 Å². The second-order valence-electron chi connectivity index (χ2n) is 11.7. The second-order valence-corrected chi connectivity index (χ2v) is 13.4. The average molecular weight is 606 g/mol. The quantitative estimate of drug-likeness (QED) is 0.455. The van der Waals surface area contributed by atoms with Gasteiger partial charge in [0.25, 0.3) is 15.9 Å². The summed E-state index contributed by atoms with van der Waals surface area (Å²) in [5.74, 6) is -0.00946. The van der Waals surface area contributed by atoms with Gasteiger partial charge in [0, 0.05) is 42.4 Å². The number of benzene rings is 2. The van der Waals surface area contributed by atoms with Gasteiger partial charge in [-0.3, -0.25) is 9.69 Å². The molecular formula is C32H39N5O5S. The zero-order valence-electron chi connectivity index (χ0n) is 25.0. The molecule has 6 rings (SSSR count). The highest BCUT2D eigenvalue weighted by Crippen LogP contribution is 2.35. The lowest BCUT2D eigenvalue weighted by Crippen LogP contribution is -2.60. The largest absolute Gasteiger partial charge is 0.475 e. The van der Waals surface area contributed by atoms with Crippen LogP contribution >= 0.6 is 0 Å². The van der Waals surface area contributed by atoms with Crippen molar-refractivity contribution in [1.82, 2.24) is 19.8 Å². The molecule has 43 heavy (non-hydrogen) atoms. The molecule has 0 radical (unpaired) electrons. The molecule has 0 unspecified atom stereocenters. The SMILES string of the molecule is CCC[C@@H]1COc2cc(-c3c(C)cccc3C)nc(n2)NS(=O)(=O)c2cccc(c2)C(=O)N1C1CC(N2CCOCC2)C1. The van der Waals surface area contributed by atoms with Gasteiger partial charge >= 0.3 is 0 Å². The van der Waals surface area contributed by atoms with E-state index in [9.17, 15) is 13.2 Å². The monoisotopic (exact) mass is 605 g/mol. The highest BCUT2D eigenvalue weighted by atomic mass is 32.2. The number of aryl methyl sites for hydroxylation is 2. The van der Waals surface area contributed by atoms with Crippen molar-refractivity contribution in [1.29, 1.82) is 0 Å². The number of rotatable bonds is 5. The average Bonchev–Trinajstić information content (AvgIpc) is 2.97. The highest BCUT2D eigenvalue weighted by molar-refractivity contribution is 7.92. The van der Waals surface area contributed by atoms with Crippen molar-refractivity contribution in [2.24, 2.45) is 0 Å². The van der Waals surface area contributed by atoms with Crippen LogP contribution in [0.15, 0.2) is 53.4 Å². The van der Waals surface area contributed by atoms with E-state index in [0.29, 0.717) is 17.3 Å². The third-order valence-electron chi connectivity index (χ3n) is 8.77. The zero-order valence-corrected chi connectivity index (χ0v) is 25.8. The lowest BCUT2D eigenvalue weighted by Gasteiger charge is -2.50. The van der Waals surface area contributed by atoms with Crippen LogP contribution in [0.1, 0.15) is 54.1 Å². The minimum absolute atomic E-state index is 0.0204. The molecule has 228 valence electrons. The van der Waals surface area contributed by atoms with Crippen LogP contribution in [0.5, 0.6) is 5.88 Å². The molecule has 2 fully saturated rings. The number of anilines is 1. The molecule has 1 aliphatic carbocycles. The summed E-state index contributed by atoms with van der Waals surface area (Å²) in [7, 11) is -4.10. The molecule has 1 amide bonds. The standard InChI is InChI=1S/C32H39N5O5S/c1-4-7-24-20-42-29-19-28(30-21(2)8-5-9-22(30)3)33-32(34-29)35-43(39,40)27-11-6-10-23(16-27)31(38)37(24)26-17-25(18-26)36-12-14-41-15-13-36/h5-6,8-11,16,19,24-26H,4,7,12-15,17-18,20H2,1-3H3,(H,33,34,35)/t24-,25?,26?/m1/s1. The Morgan fingerprint density at radius 1 is 0.977 bits per heavy atom. The number of nitrogens with zero attached hydrogens (tertiary/aromatic N) is 4. The van der Waals surface area contributed by atoms with Crippen molar-refractivity contribution in [2.45, 2.75) is 69.5 Å². The number of nitrogens with one attached hydrogen (secondary N) is 1. The van der Waals surface area contributed by atoms with Gasteiger partial charge in [0.1, 0.15) is 6.61 Å². The molecule has 1 saturated heterocycles. The van der Waals surface area contributed by atoms with E-state index in [1.54, 1.807) is 18.2 Å². The molecule has 1 aromatic heterocycles. The van der Waals surface area contributed by atoms with Crippen molar-refractivity contribution in [3.63, 3.8) is 0 Å². The predicted molar refractivity (Wildman–Crippen MR) is 164 cm³/mol. The Morgan fingerprint density at radius 2 is 1.70 bits per heavy atom. The Morgan fingerprint density at radius 3 is 2.42 bits per heavy atom. The topological polar surface area (TPSA) is 114 Å². The van der Waals surface area contributed by atoms with Gasteiger partial charge in [-0.25, -0.2) is 18.1 Å². The molecule has 3 heterocycles. The number of aromatic nitrogens is 2. The van der Waals surface area contributed by atoms with Crippen LogP contribution in [-0.2, 0) is 14.8 Å². The summed E-state index contributed by atoms with van der Waals surface area (Å²) in [5.41, 5.74) is 3.80. The summed E-state index contributed by atoms with van der Waals surface area (Å²) in [5, 5.41) is 0. The lowest BCUT2D eigenvalue weighted by atomic mass is 9.82. The Hall–Kier alpha value is -3.54. The van der Waals surface area contributed by atoms with E-state index < -0.39 is 10.0 Å². The summed E-state index contributed by atoms with van der Waals surface area (Å²) in [6.07, 6.45) is 3.32. The van der Waals surface area contributed by atoms with Gasteiger partial charge < -0.3 is 14.4 Å².